The summed E-state index contributed by atoms with van der Waals surface area (Å²) in [4.78, 5) is 36.1. The number of rotatable bonds is 5. The smallest absolute Gasteiger partial charge is 0.326 e. The second-order valence-corrected chi connectivity index (χ2v) is 5.71. The summed E-state index contributed by atoms with van der Waals surface area (Å²) in [6.45, 7) is 5.07. The zero-order valence-corrected chi connectivity index (χ0v) is 12.2. The van der Waals surface area contributed by atoms with Crippen LogP contribution in [-0.2, 0) is 14.4 Å². The van der Waals surface area contributed by atoms with Crippen LogP contribution in [-0.4, -0.2) is 51.5 Å². The van der Waals surface area contributed by atoms with Crippen LogP contribution in [0.3, 0.4) is 0 Å². The highest BCUT2D eigenvalue weighted by Gasteiger charge is 2.35. The lowest BCUT2D eigenvalue weighted by atomic mass is 9.99. The first-order chi connectivity index (χ1) is 8.88. The summed E-state index contributed by atoms with van der Waals surface area (Å²) in [6, 6.07) is -1.47. The summed E-state index contributed by atoms with van der Waals surface area (Å²) in [6.07, 6.45) is 0.660. The Morgan fingerprint density at radius 1 is 1.47 bits per heavy atom. The zero-order chi connectivity index (χ0) is 14.6. The van der Waals surface area contributed by atoms with Crippen molar-refractivity contribution in [3.05, 3.63) is 0 Å². The first-order valence-corrected chi connectivity index (χ1v) is 7.42. The Hall–Kier alpha value is -1.24. The maximum atomic E-state index is 12.1. The molecule has 2 N–H and O–H groups in total. The summed E-state index contributed by atoms with van der Waals surface area (Å²) in [5.41, 5.74) is 0. The molecular weight excluding hydrogens is 268 g/mol. The molecule has 1 saturated heterocycles. The van der Waals surface area contributed by atoms with Crippen LogP contribution in [0.5, 0.6) is 0 Å². The first-order valence-electron chi connectivity index (χ1n) is 6.26. The van der Waals surface area contributed by atoms with Crippen LogP contribution in [0.25, 0.3) is 0 Å². The Morgan fingerprint density at radius 2 is 2.11 bits per heavy atom. The molecule has 3 atom stereocenters. The van der Waals surface area contributed by atoms with Crippen molar-refractivity contribution in [3.8, 4) is 0 Å². The molecule has 1 aliphatic rings. The van der Waals surface area contributed by atoms with Gasteiger partial charge in [-0.15, -0.1) is 11.8 Å². The van der Waals surface area contributed by atoms with Crippen molar-refractivity contribution in [3.63, 3.8) is 0 Å². The highest BCUT2D eigenvalue weighted by Crippen LogP contribution is 2.21. The number of hydrogen-bond acceptors (Lipinski definition) is 4. The van der Waals surface area contributed by atoms with Crippen molar-refractivity contribution in [1.29, 1.82) is 0 Å². The fraction of sp³-hybridized carbons (Fsp3) is 0.750. The fourth-order valence-corrected chi connectivity index (χ4v) is 3.12. The molecule has 0 bridgehead atoms. The minimum absolute atomic E-state index is 0.152. The summed E-state index contributed by atoms with van der Waals surface area (Å²) >= 11 is 1.49. The van der Waals surface area contributed by atoms with Crippen LogP contribution in [0, 0.1) is 5.92 Å². The molecule has 0 aliphatic carbocycles. The van der Waals surface area contributed by atoms with Crippen molar-refractivity contribution in [2.24, 2.45) is 5.92 Å². The standard InChI is InChI=1S/C12H20N2O4S/c1-4-7(2)10(12(17)18)13-11(16)9-5-19-6-14(9)8(3)15/h7,9-10H,4-6H2,1-3H3,(H,13,16)(H,17,18)/t7-,9?,10-/m0/s1. The average molecular weight is 288 g/mol. The van der Waals surface area contributed by atoms with E-state index in [9.17, 15) is 14.4 Å². The molecular formula is C12H20N2O4S. The number of thioether (sulfide) groups is 1. The van der Waals surface area contributed by atoms with Crippen LogP contribution in [0.2, 0.25) is 0 Å². The molecule has 0 aromatic heterocycles. The molecule has 0 spiro atoms. The Labute approximate surface area is 116 Å². The minimum Gasteiger partial charge on any atom is -0.480 e. The van der Waals surface area contributed by atoms with Crippen molar-refractivity contribution < 1.29 is 19.5 Å². The van der Waals surface area contributed by atoms with E-state index in [0.29, 0.717) is 18.1 Å². The summed E-state index contributed by atoms with van der Waals surface area (Å²) in [7, 11) is 0. The van der Waals surface area contributed by atoms with Crippen molar-refractivity contribution in [2.45, 2.75) is 39.3 Å². The van der Waals surface area contributed by atoms with Crippen LogP contribution in [0.4, 0.5) is 0 Å². The van der Waals surface area contributed by atoms with E-state index in [-0.39, 0.29) is 17.7 Å². The van der Waals surface area contributed by atoms with Gasteiger partial charge in [-0.2, -0.15) is 0 Å². The number of carboxylic acid groups (broad SMARTS) is 1. The van der Waals surface area contributed by atoms with Gasteiger partial charge in [0.1, 0.15) is 12.1 Å². The molecule has 19 heavy (non-hydrogen) atoms. The molecule has 1 fully saturated rings. The highest BCUT2D eigenvalue weighted by atomic mass is 32.2. The molecule has 6 nitrogen and oxygen atoms in total. The molecule has 0 aromatic carbocycles. The topological polar surface area (TPSA) is 86.7 Å². The lowest BCUT2D eigenvalue weighted by Crippen LogP contribution is -2.53. The largest absolute Gasteiger partial charge is 0.480 e. The van der Waals surface area contributed by atoms with Crippen LogP contribution >= 0.6 is 11.8 Å². The van der Waals surface area contributed by atoms with Gasteiger partial charge < -0.3 is 15.3 Å². The number of carboxylic acids is 1. The Bertz CT molecular complexity index is 375. The predicted octanol–water partition coefficient (Wildman–Crippen LogP) is 0.523. The molecule has 1 aliphatic heterocycles. The number of carbonyl (C=O) groups is 3. The molecule has 7 heteroatoms. The summed E-state index contributed by atoms with van der Waals surface area (Å²) in [5.74, 6) is -0.746. The maximum absolute atomic E-state index is 12.1. The SMILES string of the molecule is CC[C@H](C)[C@H](NC(=O)C1CSCN1C(C)=O)C(=O)O. The second-order valence-electron chi connectivity index (χ2n) is 4.71. The quantitative estimate of drug-likeness (QED) is 0.770. The fourth-order valence-electron chi connectivity index (χ4n) is 1.90. The van der Waals surface area contributed by atoms with E-state index < -0.39 is 18.1 Å². The third kappa shape index (κ3) is 3.86. The van der Waals surface area contributed by atoms with E-state index in [1.165, 1.54) is 23.6 Å². The van der Waals surface area contributed by atoms with Gasteiger partial charge in [0.25, 0.3) is 0 Å². The summed E-state index contributed by atoms with van der Waals surface area (Å²) < 4.78 is 0. The van der Waals surface area contributed by atoms with Crippen molar-refractivity contribution in [1.82, 2.24) is 10.2 Å². The number of nitrogens with zero attached hydrogens (tertiary/aromatic N) is 1. The highest BCUT2D eigenvalue weighted by molar-refractivity contribution is 7.99. The Kier molecular flexibility index (Phi) is 5.65. The van der Waals surface area contributed by atoms with Gasteiger partial charge in [-0.3, -0.25) is 9.59 Å². The van der Waals surface area contributed by atoms with Crippen LogP contribution in [0.1, 0.15) is 27.2 Å². The second kappa shape index (κ2) is 6.79. The predicted molar refractivity (Wildman–Crippen MR) is 72.7 cm³/mol. The number of carbonyl (C=O) groups excluding carboxylic acids is 2. The number of nitrogens with one attached hydrogen (secondary N) is 1. The van der Waals surface area contributed by atoms with Crippen molar-refractivity contribution in [2.75, 3.05) is 11.6 Å². The first kappa shape index (κ1) is 15.8. The van der Waals surface area contributed by atoms with Crippen LogP contribution < -0.4 is 5.32 Å². The van der Waals surface area contributed by atoms with E-state index in [0.717, 1.165) is 0 Å². The average Bonchev–Trinajstić information content (AvgIpc) is 2.83. The lowest BCUT2D eigenvalue weighted by molar-refractivity contribution is -0.144. The molecule has 0 saturated carbocycles. The Balaban J connectivity index is 2.71. The molecule has 2 amide bonds. The molecule has 1 heterocycles. The monoisotopic (exact) mass is 288 g/mol. The van der Waals surface area contributed by atoms with E-state index in [2.05, 4.69) is 5.32 Å². The molecule has 1 unspecified atom stereocenters. The summed E-state index contributed by atoms with van der Waals surface area (Å²) in [5, 5.41) is 11.7. The third-order valence-electron chi connectivity index (χ3n) is 3.37. The molecule has 1 rings (SSSR count). The van der Waals surface area contributed by atoms with E-state index in [1.807, 2.05) is 6.92 Å². The van der Waals surface area contributed by atoms with Gasteiger partial charge in [-0.1, -0.05) is 20.3 Å². The molecule has 108 valence electrons. The zero-order valence-electron chi connectivity index (χ0n) is 11.4. The van der Waals surface area contributed by atoms with Gasteiger partial charge in [0, 0.05) is 12.7 Å². The number of aliphatic carboxylic acids is 1. The normalized spacial score (nSPS) is 21.8. The van der Waals surface area contributed by atoms with E-state index in [4.69, 9.17) is 5.11 Å². The van der Waals surface area contributed by atoms with Gasteiger partial charge in [0.15, 0.2) is 0 Å². The van der Waals surface area contributed by atoms with E-state index in [1.54, 1.807) is 6.92 Å². The maximum Gasteiger partial charge on any atom is 0.326 e. The molecule has 0 aromatic rings. The lowest BCUT2D eigenvalue weighted by Gasteiger charge is -2.25. The number of amides is 2. The van der Waals surface area contributed by atoms with Crippen LogP contribution in [0.15, 0.2) is 0 Å². The molecule has 0 radical (unpaired) electrons. The number of hydrogen-bond donors (Lipinski definition) is 2. The third-order valence-corrected chi connectivity index (χ3v) is 4.38. The van der Waals surface area contributed by atoms with Gasteiger partial charge in [-0.05, 0) is 5.92 Å². The Morgan fingerprint density at radius 3 is 2.58 bits per heavy atom. The van der Waals surface area contributed by atoms with E-state index >= 15 is 0 Å². The van der Waals surface area contributed by atoms with Gasteiger partial charge in [0.05, 0.1) is 5.88 Å². The minimum atomic E-state index is -1.04. The van der Waals surface area contributed by atoms with Gasteiger partial charge in [-0.25, -0.2) is 4.79 Å². The van der Waals surface area contributed by atoms with Gasteiger partial charge in [0.2, 0.25) is 11.8 Å². The van der Waals surface area contributed by atoms with Crippen molar-refractivity contribution >= 4 is 29.5 Å². The van der Waals surface area contributed by atoms with Gasteiger partial charge >= 0.3 is 5.97 Å².